The second kappa shape index (κ2) is 5.35. The SMILES string of the molecule is CC(NC1COc2cc(O)ccc21)c1ccccc1Cl. The minimum Gasteiger partial charge on any atom is -0.508 e. The monoisotopic (exact) mass is 289 g/mol. The van der Waals surface area contributed by atoms with Gasteiger partial charge in [-0.1, -0.05) is 29.8 Å². The molecule has 2 unspecified atom stereocenters. The lowest BCUT2D eigenvalue weighted by Crippen LogP contribution is -2.25. The summed E-state index contributed by atoms with van der Waals surface area (Å²) in [5, 5.41) is 13.7. The second-order valence-electron chi connectivity index (χ2n) is 5.00. The van der Waals surface area contributed by atoms with Gasteiger partial charge in [-0.3, -0.25) is 0 Å². The average Bonchev–Trinajstić information content (AvgIpc) is 2.81. The van der Waals surface area contributed by atoms with Crippen molar-refractivity contribution in [2.75, 3.05) is 6.61 Å². The Morgan fingerprint density at radius 1 is 1.30 bits per heavy atom. The molecule has 0 spiro atoms. The van der Waals surface area contributed by atoms with Crippen LogP contribution >= 0.6 is 11.6 Å². The lowest BCUT2D eigenvalue weighted by atomic mass is 10.0. The highest BCUT2D eigenvalue weighted by Gasteiger charge is 2.26. The third-order valence-corrected chi connectivity index (χ3v) is 3.95. The predicted octanol–water partition coefficient (Wildman–Crippen LogP) is 3.83. The summed E-state index contributed by atoms with van der Waals surface area (Å²) in [7, 11) is 0. The molecule has 0 amide bonds. The minimum absolute atomic E-state index is 0.108. The molecule has 3 nitrogen and oxygen atoms in total. The fraction of sp³-hybridized carbons (Fsp3) is 0.250. The van der Waals surface area contributed by atoms with Gasteiger partial charge in [-0.25, -0.2) is 0 Å². The van der Waals surface area contributed by atoms with Crippen LogP contribution in [0.1, 0.15) is 30.1 Å². The molecule has 0 bridgehead atoms. The van der Waals surface area contributed by atoms with Crippen LogP contribution in [-0.2, 0) is 0 Å². The number of phenols is 1. The van der Waals surface area contributed by atoms with Gasteiger partial charge in [0.05, 0.1) is 6.04 Å². The molecule has 0 saturated carbocycles. The van der Waals surface area contributed by atoms with Gasteiger partial charge in [-0.15, -0.1) is 0 Å². The van der Waals surface area contributed by atoms with Crippen molar-refractivity contribution in [3.63, 3.8) is 0 Å². The van der Waals surface area contributed by atoms with Crippen LogP contribution in [0.2, 0.25) is 5.02 Å². The largest absolute Gasteiger partial charge is 0.508 e. The van der Waals surface area contributed by atoms with Gasteiger partial charge in [0.1, 0.15) is 18.1 Å². The first kappa shape index (κ1) is 13.3. The van der Waals surface area contributed by atoms with Crippen molar-refractivity contribution in [1.82, 2.24) is 5.32 Å². The van der Waals surface area contributed by atoms with Crippen molar-refractivity contribution in [2.45, 2.75) is 19.0 Å². The van der Waals surface area contributed by atoms with Gasteiger partial charge in [-0.2, -0.15) is 0 Å². The molecule has 1 aliphatic heterocycles. The van der Waals surface area contributed by atoms with Crippen molar-refractivity contribution in [3.05, 3.63) is 58.6 Å². The molecule has 0 aliphatic carbocycles. The molecule has 1 aliphatic rings. The van der Waals surface area contributed by atoms with Gasteiger partial charge in [0.15, 0.2) is 0 Å². The van der Waals surface area contributed by atoms with Crippen molar-refractivity contribution in [2.24, 2.45) is 0 Å². The van der Waals surface area contributed by atoms with E-state index in [1.165, 1.54) is 0 Å². The number of hydrogen-bond donors (Lipinski definition) is 2. The number of hydrogen-bond acceptors (Lipinski definition) is 3. The lowest BCUT2D eigenvalue weighted by molar-refractivity contribution is 0.300. The molecule has 0 saturated heterocycles. The standard InChI is InChI=1S/C16H16ClNO2/c1-10(12-4-2-3-5-14(12)17)18-15-9-20-16-8-11(19)6-7-13(15)16/h2-8,10,15,18-19H,9H2,1H3. The lowest BCUT2D eigenvalue weighted by Gasteiger charge is -2.20. The Kier molecular flexibility index (Phi) is 3.55. The summed E-state index contributed by atoms with van der Waals surface area (Å²) in [6.45, 7) is 2.65. The van der Waals surface area contributed by atoms with Gasteiger partial charge >= 0.3 is 0 Å². The topological polar surface area (TPSA) is 41.5 Å². The summed E-state index contributed by atoms with van der Waals surface area (Å²) < 4.78 is 5.60. The number of phenolic OH excluding ortho intramolecular Hbond substituents is 1. The zero-order valence-corrected chi connectivity index (χ0v) is 11.9. The van der Waals surface area contributed by atoms with Gasteiger partial charge in [0.2, 0.25) is 0 Å². The maximum atomic E-state index is 9.46. The van der Waals surface area contributed by atoms with E-state index in [4.69, 9.17) is 16.3 Å². The number of fused-ring (bicyclic) bond motifs is 1. The number of halogens is 1. The zero-order valence-electron chi connectivity index (χ0n) is 11.1. The van der Waals surface area contributed by atoms with E-state index < -0.39 is 0 Å². The van der Waals surface area contributed by atoms with E-state index in [1.807, 2.05) is 30.3 Å². The number of nitrogens with one attached hydrogen (secondary N) is 1. The molecule has 2 N–H and O–H groups in total. The smallest absolute Gasteiger partial charge is 0.127 e. The Morgan fingerprint density at radius 3 is 2.90 bits per heavy atom. The van der Waals surface area contributed by atoms with Crippen molar-refractivity contribution >= 4 is 11.6 Å². The van der Waals surface area contributed by atoms with Crippen LogP contribution < -0.4 is 10.1 Å². The molecule has 0 aromatic heterocycles. The summed E-state index contributed by atoms with van der Waals surface area (Å²) in [5.41, 5.74) is 2.14. The first-order valence-electron chi connectivity index (χ1n) is 6.61. The highest BCUT2D eigenvalue weighted by atomic mass is 35.5. The van der Waals surface area contributed by atoms with Crippen LogP contribution in [0.4, 0.5) is 0 Å². The first-order chi connectivity index (χ1) is 9.65. The van der Waals surface area contributed by atoms with E-state index in [9.17, 15) is 5.11 Å². The molecular formula is C16H16ClNO2. The number of ether oxygens (including phenoxy) is 1. The minimum atomic E-state index is 0.108. The summed E-state index contributed by atoms with van der Waals surface area (Å²) in [5.74, 6) is 0.970. The molecule has 1 heterocycles. The first-order valence-corrected chi connectivity index (χ1v) is 6.99. The summed E-state index contributed by atoms with van der Waals surface area (Å²) in [6.07, 6.45) is 0. The third kappa shape index (κ3) is 2.47. The highest BCUT2D eigenvalue weighted by molar-refractivity contribution is 6.31. The fourth-order valence-electron chi connectivity index (χ4n) is 2.55. The van der Waals surface area contributed by atoms with E-state index in [-0.39, 0.29) is 17.8 Å². The Morgan fingerprint density at radius 2 is 2.10 bits per heavy atom. The molecule has 0 radical (unpaired) electrons. The van der Waals surface area contributed by atoms with E-state index in [0.717, 1.165) is 21.9 Å². The molecule has 2 aromatic rings. The molecule has 20 heavy (non-hydrogen) atoms. The Bertz CT molecular complexity index is 630. The van der Waals surface area contributed by atoms with E-state index in [1.54, 1.807) is 12.1 Å². The van der Waals surface area contributed by atoms with Crippen LogP contribution in [-0.4, -0.2) is 11.7 Å². The van der Waals surface area contributed by atoms with Crippen LogP contribution in [0.15, 0.2) is 42.5 Å². The Balaban J connectivity index is 1.79. The summed E-state index contributed by atoms with van der Waals surface area (Å²) >= 11 is 6.22. The number of benzene rings is 2. The second-order valence-corrected chi connectivity index (χ2v) is 5.40. The fourth-order valence-corrected chi connectivity index (χ4v) is 2.85. The summed E-state index contributed by atoms with van der Waals surface area (Å²) in [6, 6.07) is 13.3. The van der Waals surface area contributed by atoms with Gasteiger partial charge < -0.3 is 15.2 Å². The van der Waals surface area contributed by atoms with Crippen molar-refractivity contribution < 1.29 is 9.84 Å². The molecule has 0 fully saturated rings. The highest BCUT2D eigenvalue weighted by Crippen LogP contribution is 2.36. The molecule has 2 atom stereocenters. The number of rotatable bonds is 3. The molecule has 4 heteroatoms. The predicted molar refractivity (Wildman–Crippen MR) is 79.3 cm³/mol. The van der Waals surface area contributed by atoms with Crippen LogP contribution in [0.25, 0.3) is 0 Å². The average molecular weight is 290 g/mol. The Hall–Kier alpha value is -1.71. The molecule has 104 valence electrons. The normalized spacial score (nSPS) is 18.4. The van der Waals surface area contributed by atoms with Gasteiger partial charge in [0, 0.05) is 22.7 Å². The number of aromatic hydroxyl groups is 1. The van der Waals surface area contributed by atoms with E-state index in [0.29, 0.717) is 6.61 Å². The quantitative estimate of drug-likeness (QED) is 0.902. The molecule has 2 aromatic carbocycles. The maximum absolute atomic E-state index is 9.46. The van der Waals surface area contributed by atoms with Gasteiger partial charge in [0.25, 0.3) is 0 Å². The third-order valence-electron chi connectivity index (χ3n) is 3.60. The zero-order chi connectivity index (χ0) is 14.1. The van der Waals surface area contributed by atoms with Gasteiger partial charge in [-0.05, 0) is 30.7 Å². The van der Waals surface area contributed by atoms with Crippen LogP contribution in [0, 0.1) is 0 Å². The van der Waals surface area contributed by atoms with Crippen molar-refractivity contribution in [1.29, 1.82) is 0 Å². The Labute approximate surface area is 123 Å². The van der Waals surface area contributed by atoms with E-state index >= 15 is 0 Å². The molecular weight excluding hydrogens is 274 g/mol. The maximum Gasteiger partial charge on any atom is 0.127 e. The van der Waals surface area contributed by atoms with Crippen LogP contribution in [0.3, 0.4) is 0 Å². The summed E-state index contributed by atoms with van der Waals surface area (Å²) in [4.78, 5) is 0. The molecule has 3 rings (SSSR count). The van der Waals surface area contributed by atoms with Crippen molar-refractivity contribution in [3.8, 4) is 11.5 Å². The van der Waals surface area contributed by atoms with Crippen LogP contribution in [0.5, 0.6) is 11.5 Å². The van der Waals surface area contributed by atoms with E-state index in [2.05, 4.69) is 12.2 Å².